The Labute approximate surface area is 119 Å². The van der Waals surface area contributed by atoms with E-state index >= 15 is 0 Å². The number of fused-ring (bicyclic) bond motifs is 1. The van der Waals surface area contributed by atoms with Gasteiger partial charge in [0, 0.05) is 28.7 Å². The molecule has 1 aliphatic rings. The quantitative estimate of drug-likeness (QED) is 0.925. The lowest BCUT2D eigenvalue weighted by molar-refractivity contribution is -0.142. The Morgan fingerprint density at radius 1 is 1.37 bits per heavy atom. The summed E-state index contributed by atoms with van der Waals surface area (Å²) in [5, 5.41) is 9.16. The van der Waals surface area contributed by atoms with E-state index in [4.69, 9.17) is 5.11 Å². The summed E-state index contributed by atoms with van der Waals surface area (Å²) in [5.74, 6) is -1.01. The van der Waals surface area contributed by atoms with E-state index in [-0.39, 0.29) is 5.92 Å². The second-order valence-electron chi connectivity index (χ2n) is 4.77. The fourth-order valence-electron chi connectivity index (χ4n) is 2.50. The first kappa shape index (κ1) is 12.4. The van der Waals surface area contributed by atoms with Crippen molar-refractivity contribution < 1.29 is 9.90 Å². The Morgan fingerprint density at radius 2 is 2.11 bits per heavy atom. The van der Waals surface area contributed by atoms with Crippen LogP contribution in [0, 0.1) is 5.92 Å². The predicted octanol–water partition coefficient (Wildman–Crippen LogP) is 2.96. The van der Waals surface area contributed by atoms with E-state index in [1.165, 1.54) is 0 Å². The minimum absolute atomic E-state index is 0.293. The summed E-state index contributed by atoms with van der Waals surface area (Å²) in [4.78, 5) is 15.6. The number of rotatable bonds is 2. The van der Waals surface area contributed by atoms with Crippen LogP contribution in [0.3, 0.4) is 0 Å². The van der Waals surface area contributed by atoms with Crippen LogP contribution in [0.25, 0.3) is 11.3 Å². The smallest absolute Gasteiger partial charge is 0.306 e. The van der Waals surface area contributed by atoms with Crippen LogP contribution in [-0.2, 0) is 17.8 Å². The van der Waals surface area contributed by atoms with Gasteiger partial charge in [-0.25, -0.2) is 4.98 Å². The number of aromatic nitrogens is 2. The second kappa shape index (κ2) is 4.81. The molecule has 0 bridgehead atoms. The molecule has 1 N–H and O–H groups in total. The molecule has 4 nitrogen and oxygen atoms in total. The van der Waals surface area contributed by atoms with Crippen molar-refractivity contribution in [2.75, 3.05) is 0 Å². The molecular formula is C14H13BrN2O2. The largest absolute Gasteiger partial charge is 0.481 e. The number of aliphatic carboxylic acids is 1. The highest BCUT2D eigenvalue weighted by atomic mass is 79.9. The van der Waals surface area contributed by atoms with E-state index in [0.29, 0.717) is 12.8 Å². The number of nitrogens with zero attached hydrogens (tertiary/aromatic N) is 2. The Kier molecular flexibility index (Phi) is 3.14. The first-order chi connectivity index (χ1) is 9.15. The molecule has 0 amide bonds. The molecule has 1 aromatic carbocycles. The zero-order valence-electron chi connectivity index (χ0n) is 10.2. The highest BCUT2D eigenvalue weighted by molar-refractivity contribution is 9.10. The number of hydrogen-bond acceptors (Lipinski definition) is 2. The average Bonchev–Trinajstić information content (AvgIpc) is 2.82. The molecule has 2 heterocycles. The van der Waals surface area contributed by atoms with Gasteiger partial charge in [-0.2, -0.15) is 0 Å². The predicted molar refractivity (Wildman–Crippen MR) is 74.8 cm³/mol. The van der Waals surface area contributed by atoms with Crippen LogP contribution in [0.5, 0.6) is 0 Å². The lowest BCUT2D eigenvalue weighted by atomic mass is 9.94. The van der Waals surface area contributed by atoms with Crippen molar-refractivity contribution in [3.63, 3.8) is 0 Å². The number of carbonyl (C=O) groups is 1. The highest BCUT2D eigenvalue weighted by Gasteiger charge is 2.27. The zero-order chi connectivity index (χ0) is 13.4. The minimum Gasteiger partial charge on any atom is -0.481 e. The van der Waals surface area contributed by atoms with Gasteiger partial charge >= 0.3 is 5.97 Å². The van der Waals surface area contributed by atoms with E-state index in [1.54, 1.807) is 0 Å². The fraction of sp³-hybridized carbons (Fsp3) is 0.286. The molecule has 98 valence electrons. The van der Waals surface area contributed by atoms with Gasteiger partial charge in [0.05, 0.1) is 17.9 Å². The van der Waals surface area contributed by atoms with Crippen molar-refractivity contribution in [1.29, 1.82) is 0 Å². The molecule has 0 saturated heterocycles. The number of carboxylic acids is 1. The molecule has 1 aromatic heterocycles. The molecule has 0 spiro atoms. The Balaban J connectivity index is 1.99. The maximum atomic E-state index is 11.1. The van der Waals surface area contributed by atoms with Crippen LogP contribution in [-0.4, -0.2) is 20.6 Å². The number of aryl methyl sites for hydroxylation is 1. The maximum Gasteiger partial charge on any atom is 0.306 e. The van der Waals surface area contributed by atoms with E-state index in [0.717, 1.165) is 28.0 Å². The van der Waals surface area contributed by atoms with Gasteiger partial charge in [-0.15, -0.1) is 0 Å². The zero-order valence-corrected chi connectivity index (χ0v) is 11.8. The first-order valence-corrected chi connectivity index (χ1v) is 6.97. The normalized spacial score (nSPS) is 18.1. The Hall–Kier alpha value is -1.62. The molecule has 3 rings (SSSR count). The minimum atomic E-state index is -0.714. The van der Waals surface area contributed by atoms with Crippen LogP contribution < -0.4 is 0 Å². The van der Waals surface area contributed by atoms with Crippen LogP contribution in [0.15, 0.2) is 35.1 Å². The van der Waals surface area contributed by atoms with E-state index in [1.807, 2.05) is 30.6 Å². The molecule has 1 unspecified atom stereocenters. The molecule has 1 atom stereocenters. The third kappa shape index (κ3) is 2.30. The van der Waals surface area contributed by atoms with Gasteiger partial charge in [-0.05, 0) is 18.6 Å². The fourth-order valence-corrected chi connectivity index (χ4v) is 2.77. The molecule has 0 aliphatic carbocycles. The first-order valence-electron chi connectivity index (χ1n) is 6.18. The van der Waals surface area contributed by atoms with Gasteiger partial charge in [-0.1, -0.05) is 28.1 Å². The molecule has 19 heavy (non-hydrogen) atoms. The third-order valence-corrected chi connectivity index (χ3v) is 4.10. The summed E-state index contributed by atoms with van der Waals surface area (Å²) in [5.41, 5.74) is 2.96. The maximum absolute atomic E-state index is 11.1. The SMILES string of the molecule is O=C(O)C1CCn2cnc(-c3ccc(Br)cc3)c2C1. The van der Waals surface area contributed by atoms with E-state index in [2.05, 4.69) is 25.5 Å². The van der Waals surface area contributed by atoms with Crippen LogP contribution in [0.4, 0.5) is 0 Å². The summed E-state index contributed by atoms with van der Waals surface area (Å²) >= 11 is 3.41. The Bertz CT molecular complexity index is 619. The van der Waals surface area contributed by atoms with Crippen molar-refractivity contribution in [3.05, 3.63) is 40.8 Å². The van der Waals surface area contributed by atoms with Gasteiger partial charge < -0.3 is 9.67 Å². The number of hydrogen-bond donors (Lipinski definition) is 1. The van der Waals surface area contributed by atoms with Crippen LogP contribution in [0.2, 0.25) is 0 Å². The number of carboxylic acid groups (broad SMARTS) is 1. The lowest BCUT2D eigenvalue weighted by Gasteiger charge is -2.21. The van der Waals surface area contributed by atoms with Crippen molar-refractivity contribution in [3.8, 4) is 11.3 Å². The molecule has 2 aromatic rings. The second-order valence-corrected chi connectivity index (χ2v) is 5.68. The Morgan fingerprint density at radius 3 is 2.79 bits per heavy atom. The summed E-state index contributed by atoms with van der Waals surface area (Å²) in [6, 6.07) is 7.94. The lowest BCUT2D eigenvalue weighted by Crippen LogP contribution is -2.25. The molecule has 1 aliphatic heterocycles. The monoisotopic (exact) mass is 320 g/mol. The molecular weight excluding hydrogens is 308 g/mol. The topological polar surface area (TPSA) is 55.1 Å². The summed E-state index contributed by atoms with van der Waals surface area (Å²) < 4.78 is 3.09. The number of imidazole rings is 1. The highest BCUT2D eigenvalue weighted by Crippen LogP contribution is 2.30. The molecule has 0 radical (unpaired) electrons. The summed E-state index contributed by atoms with van der Waals surface area (Å²) in [7, 11) is 0. The van der Waals surface area contributed by atoms with E-state index < -0.39 is 5.97 Å². The number of benzene rings is 1. The average molecular weight is 321 g/mol. The van der Waals surface area contributed by atoms with Crippen molar-refractivity contribution >= 4 is 21.9 Å². The van der Waals surface area contributed by atoms with E-state index in [9.17, 15) is 4.79 Å². The van der Waals surface area contributed by atoms with Crippen molar-refractivity contribution in [2.24, 2.45) is 5.92 Å². The van der Waals surface area contributed by atoms with Gasteiger partial charge in [0.2, 0.25) is 0 Å². The van der Waals surface area contributed by atoms with Crippen molar-refractivity contribution in [1.82, 2.24) is 9.55 Å². The van der Waals surface area contributed by atoms with Gasteiger partial charge in [0.15, 0.2) is 0 Å². The van der Waals surface area contributed by atoms with Gasteiger partial charge in [0.1, 0.15) is 0 Å². The standard InChI is InChI=1S/C14H13BrN2O2/c15-11-3-1-9(2-4-11)13-12-7-10(14(18)19)5-6-17(12)8-16-13/h1-4,8,10H,5-7H2,(H,18,19). The van der Waals surface area contributed by atoms with Crippen molar-refractivity contribution in [2.45, 2.75) is 19.4 Å². The molecule has 5 heteroatoms. The number of halogens is 1. The van der Waals surface area contributed by atoms with Gasteiger partial charge in [0.25, 0.3) is 0 Å². The molecule has 0 saturated carbocycles. The van der Waals surface area contributed by atoms with Crippen LogP contribution in [0.1, 0.15) is 12.1 Å². The summed E-state index contributed by atoms with van der Waals surface area (Å²) in [6.45, 7) is 0.732. The van der Waals surface area contributed by atoms with Gasteiger partial charge in [-0.3, -0.25) is 4.79 Å². The molecule has 0 fully saturated rings. The van der Waals surface area contributed by atoms with Crippen LogP contribution >= 0.6 is 15.9 Å². The third-order valence-electron chi connectivity index (χ3n) is 3.57. The summed E-state index contributed by atoms with van der Waals surface area (Å²) in [6.07, 6.45) is 3.05.